The molecule has 0 radical (unpaired) electrons. The number of hydrogen-bond acceptors (Lipinski definition) is 2. The van der Waals surface area contributed by atoms with Crippen molar-refractivity contribution >= 4 is 11.6 Å². The molecule has 98 valence electrons. The number of benzene rings is 1. The fraction of sp³-hybridized carbons (Fsp3) is 0.533. The van der Waals surface area contributed by atoms with E-state index in [1.165, 1.54) is 11.1 Å². The normalized spacial score (nSPS) is 16.6. The summed E-state index contributed by atoms with van der Waals surface area (Å²) >= 11 is 0. The summed E-state index contributed by atoms with van der Waals surface area (Å²) in [5.74, 6) is 0.593. The van der Waals surface area contributed by atoms with Crippen molar-refractivity contribution in [1.82, 2.24) is 0 Å². The number of nitrogens with one attached hydrogen (secondary N) is 1. The molecule has 1 amide bonds. The number of carbonyl (C=O) groups is 1. The molecule has 1 saturated heterocycles. The van der Waals surface area contributed by atoms with Crippen LogP contribution in [-0.2, 0) is 9.53 Å². The van der Waals surface area contributed by atoms with E-state index in [1.807, 2.05) is 18.2 Å². The number of amides is 1. The highest BCUT2D eigenvalue weighted by Crippen LogP contribution is 2.20. The first-order chi connectivity index (χ1) is 8.65. The summed E-state index contributed by atoms with van der Waals surface area (Å²) in [6.07, 6.45) is 2.61. The minimum atomic E-state index is 0.116. The van der Waals surface area contributed by atoms with E-state index in [-0.39, 0.29) is 5.91 Å². The Morgan fingerprint density at radius 1 is 1.28 bits per heavy atom. The molecule has 0 aliphatic carbocycles. The lowest BCUT2D eigenvalue weighted by atomic mass is 9.96. The highest BCUT2D eigenvalue weighted by molar-refractivity contribution is 5.90. The van der Waals surface area contributed by atoms with Crippen LogP contribution in [0.1, 0.15) is 30.4 Å². The van der Waals surface area contributed by atoms with Gasteiger partial charge in [-0.15, -0.1) is 0 Å². The number of rotatable bonds is 3. The molecule has 1 aliphatic heterocycles. The zero-order chi connectivity index (χ0) is 13.0. The third-order valence-electron chi connectivity index (χ3n) is 3.61. The first kappa shape index (κ1) is 13.1. The van der Waals surface area contributed by atoms with Gasteiger partial charge in [0, 0.05) is 25.3 Å². The maximum atomic E-state index is 11.9. The van der Waals surface area contributed by atoms with Crippen molar-refractivity contribution in [2.75, 3.05) is 18.5 Å². The van der Waals surface area contributed by atoms with Crippen molar-refractivity contribution in [1.29, 1.82) is 0 Å². The molecule has 3 nitrogen and oxygen atoms in total. The van der Waals surface area contributed by atoms with Gasteiger partial charge in [0.25, 0.3) is 0 Å². The van der Waals surface area contributed by atoms with Gasteiger partial charge in [-0.2, -0.15) is 0 Å². The van der Waals surface area contributed by atoms with Gasteiger partial charge in [-0.1, -0.05) is 6.07 Å². The number of hydrogen-bond donors (Lipinski definition) is 1. The zero-order valence-electron chi connectivity index (χ0n) is 11.2. The fourth-order valence-electron chi connectivity index (χ4n) is 2.24. The molecule has 0 atom stereocenters. The molecular formula is C15H21NO2. The molecule has 0 saturated carbocycles. The van der Waals surface area contributed by atoms with Crippen molar-refractivity contribution < 1.29 is 9.53 Å². The van der Waals surface area contributed by atoms with Crippen LogP contribution < -0.4 is 5.32 Å². The molecule has 1 fully saturated rings. The van der Waals surface area contributed by atoms with E-state index >= 15 is 0 Å². The van der Waals surface area contributed by atoms with E-state index in [4.69, 9.17) is 4.74 Å². The van der Waals surface area contributed by atoms with E-state index in [1.54, 1.807) is 0 Å². The van der Waals surface area contributed by atoms with Crippen LogP contribution in [-0.4, -0.2) is 19.1 Å². The van der Waals surface area contributed by atoms with Crippen LogP contribution in [0.3, 0.4) is 0 Å². The molecule has 1 aliphatic rings. The molecule has 1 heterocycles. The van der Waals surface area contributed by atoms with Crippen molar-refractivity contribution in [2.45, 2.75) is 33.1 Å². The Kier molecular flexibility index (Phi) is 4.37. The Balaban J connectivity index is 1.88. The quantitative estimate of drug-likeness (QED) is 0.891. The second-order valence-corrected chi connectivity index (χ2v) is 5.11. The molecule has 0 unspecified atom stereocenters. The van der Waals surface area contributed by atoms with Crippen LogP contribution in [0, 0.1) is 19.8 Å². The molecule has 18 heavy (non-hydrogen) atoms. The van der Waals surface area contributed by atoms with E-state index < -0.39 is 0 Å². The SMILES string of the molecule is Cc1ccc(NC(=O)CC2CCOCC2)cc1C. The zero-order valence-corrected chi connectivity index (χ0v) is 11.2. The monoisotopic (exact) mass is 247 g/mol. The molecular weight excluding hydrogens is 226 g/mol. The number of anilines is 1. The third kappa shape index (κ3) is 3.57. The van der Waals surface area contributed by atoms with E-state index in [0.29, 0.717) is 12.3 Å². The van der Waals surface area contributed by atoms with Crippen molar-refractivity contribution in [3.63, 3.8) is 0 Å². The minimum Gasteiger partial charge on any atom is -0.381 e. The lowest BCUT2D eigenvalue weighted by Gasteiger charge is -2.21. The van der Waals surface area contributed by atoms with Gasteiger partial charge < -0.3 is 10.1 Å². The van der Waals surface area contributed by atoms with Gasteiger partial charge in [-0.25, -0.2) is 0 Å². The lowest BCUT2D eigenvalue weighted by molar-refractivity contribution is -0.117. The Bertz CT molecular complexity index is 423. The average molecular weight is 247 g/mol. The second-order valence-electron chi connectivity index (χ2n) is 5.11. The molecule has 2 rings (SSSR count). The lowest BCUT2D eigenvalue weighted by Crippen LogP contribution is -2.22. The Morgan fingerprint density at radius 2 is 2.00 bits per heavy atom. The van der Waals surface area contributed by atoms with Gasteiger partial charge >= 0.3 is 0 Å². The second kappa shape index (κ2) is 6.01. The van der Waals surface area contributed by atoms with Crippen molar-refractivity contribution in [3.8, 4) is 0 Å². The van der Waals surface area contributed by atoms with Crippen molar-refractivity contribution in [2.24, 2.45) is 5.92 Å². The Hall–Kier alpha value is -1.35. The van der Waals surface area contributed by atoms with Gasteiger partial charge in [0.2, 0.25) is 5.91 Å². The van der Waals surface area contributed by atoms with Gasteiger partial charge in [-0.3, -0.25) is 4.79 Å². The first-order valence-corrected chi connectivity index (χ1v) is 6.60. The van der Waals surface area contributed by atoms with Crippen LogP contribution in [0.4, 0.5) is 5.69 Å². The van der Waals surface area contributed by atoms with Crippen LogP contribution in [0.5, 0.6) is 0 Å². The predicted octanol–water partition coefficient (Wildman–Crippen LogP) is 3.06. The maximum Gasteiger partial charge on any atom is 0.224 e. The molecule has 0 spiro atoms. The summed E-state index contributed by atoms with van der Waals surface area (Å²) in [5.41, 5.74) is 3.35. The number of carbonyl (C=O) groups excluding carboxylic acids is 1. The van der Waals surface area contributed by atoms with Crippen molar-refractivity contribution in [3.05, 3.63) is 29.3 Å². The van der Waals surface area contributed by atoms with Gasteiger partial charge in [0.1, 0.15) is 0 Å². The van der Waals surface area contributed by atoms with Gasteiger partial charge in [-0.05, 0) is 55.9 Å². The predicted molar refractivity (Wildman–Crippen MR) is 72.7 cm³/mol. The fourth-order valence-corrected chi connectivity index (χ4v) is 2.24. The largest absolute Gasteiger partial charge is 0.381 e. The minimum absolute atomic E-state index is 0.116. The summed E-state index contributed by atoms with van der Waals surface area (Å²) < 4.78 is 5.30. The average Bonchev–Trinajstić information content (AvgIpc) is 2.35. The third-order valence-corrected chi connectivity index (χ3v) is 3.61. The molecule has 3 heteroatoms. The van der Waals surface area contributed by atoms with Crippen LogP contribution >= 0.6 is 0 Å². The topological polar surface area (TPSA) is 38.3 Å². The highest BCUT2D eigenvalue weighted by Gasteiger charge is 2.17. The smallest absolute Gasteiger partial charge is 0.224 e. The summed E-state index contributed by atoms with van der Waals surface area (Å²) in [5, 5.41) is 2.98. The summed E-state index contributed by atoms with van der Waals surface area (Å²) in [6, 6.07) is 6.03. The van der Waals surface area contributed by atoms with E-state index in [9.17, 15) is 4.79 Å². The number of aryl methyl sites for hydroxylation is 2. The van der Waals surface area contributed by atoms with E-state index in [2.05, 4.69) is 19.2 Å². The summed E-state index contributed by atoms with van der Waals surface area (Å²) in [7, 11) is 0. The molecule has 0 bridgehead atoms. The maximum absolute atomic E-state index is 11.9. The summed E-state index contributed by atoms with van der Waals surface area (Å²) in [4.78, 5) is 11.9. The van der Waals surface area contributed by atoms with Gasteiger partial charge in [0.15, 0.2) is 0 Å². The van der Waals surface area contributed by atoms with Crippen LogP contribution in [0.2, 0.25) is 0 Å². The van der Waals surface area contributed by atoms with Crippen LogP contribution in [0.25, 0.3) is 0 Å². The highest BCUT2D eigenvalue weighted by atomic mass is 16.5. The first-order valence-electron chi connectivity index (χ1n) is 6.60. The molecule has 1 aromatic rings. The van der Waals surface area contributed by atoms with Gasteiger partial charge in [0.05, 0.1) is 0 Å². The number of ether oxygens (including phenoxy) is 1. The Morgan fingerprint density at radius 3 is 2.67 bits per heavy atom. The van der Waals surface area contributed by atoms with Crippen LogP contribution in [0.15, 0.2) is 18.2 Å². The van der Waals surface area contributed by atoms with E-state index in [0.717, 1.165) is 31.7 Å². The molecule has 1 aromatic carbocycles. The standard InChI is InChI=1S/C15H21NO2/c1-11-3-4-14(9-12(11)2)16-15(17)10-13-5-7-18-8-6-13/h3-4,9,13H,5-8,10H2,1-2H3,(H,16,17). The molecule has 1 N–H and O–H groups in total. The Labute approximate surface area is 109 Å². The summed E-state index contributed by atoms with van der Waals surface area (Å²) in [6.45, 7) is 5.72. The molecule has 0 aromatic heterocycles.